The van der Waals surface area contributed by atoms with Gasteiger partial charge in [-0.05, 0) is 48.9 Å². The average Bonchev–Trinajstić information content (AvgIpc) is 2.57. The van der Waals surface area contributed by atoms with Crippen molar-refractivity contribution in [3.63, 3.8) is 0 Å². The fraction of sp³-hybridized carbons (Fsp3) is 0.167. The van der Waals surface area contributed by atoms with Crippen LogP contribution in [0.15, 0.2) is 53.6 Å². The molecule has 0 spiro atoms. The second kappa shape index (κ2) is 8.47. The minimum atomic E-state index is -0.343. The molecule has 0 aliphatic heterocycles. The normalized spacial score (nSPS) is 10.5. The third-order valence-electron chi connectivity index (χ3n) is 3.21. The van der Waals surface area contributed by atoms with Gasteiger partial charge in [0.05, 0.1) is 6.21 Å². The van der Waals surface area contributed by atoms with Crippen LogP contribution in [0.2, 0.25) is 0 Å². The van der Waals surface area contributed by atoms with Crippen LogP contribution in [-0.4, -0.2) is 23.1 Å². The largest absolute Gasteiger partial charge is 0.508 e. The molecule has 6 nitrogen and oxygen atoms in total. The number of hydrazone groups is 1. The number of phenols is 1. The lowest BCUT2D eigenvalue weighted by molar-refractivity contribution is -0.124. The van der Waals surface area contributed by atoms with Crippen molar-refractivity contribution < 1.29 is 14.7 Å². The van der Waals surface area contributed by atoms with E-state index in [1.54, 1.807) is 12.1 Å². The highest BCUT2D eigenvalue weighted by Gasteiger charge is 2.06. The Kier molecular flexibility index (Phi) is 6.08. The predicted molar refractivity (Wildman–Crippen MR) is 92.9 cm³/mol. The van der Waals surface area contributed by atoms with Crippen molar-refractivity contribution in [2.45, 2.75) is 19.8 Å². The first-order valence-corrected chi connectivity index (χ1v) is 7.50. The highest BCUT2D eigenvalue weighted by Crippen LogP contribution is 2.09. The van der Waals surface area contributed by atoms with Crippen molar-refractivity contribution in [2.75, 3.05) is 5.32 Å². The summed E-state index contributed by atoms with van der Waals surface area (Å²) in [6, 6.07) is 13.8. The Hall–Kier alpha value is -3.15. The molecule has 0 aromatic heterocycles. The predicted octanol–water partition coefficient (Wildman–Crippen LogP) is 2.57. The summed E-state index contributed by atoms with van der Waals surface area (Å²) in [5.41, 5.74) is 4.92. The number of phenolic OH excluding ortho intramolecular Hbond substituents is 1. The molecule has 24 heavy (non-hydrogen) atoms. The Bertz CT molecular complexity index is 722. The van der Waals surface area contributed by atoms with Crippen LogP contribution in [0.4, 0.5) is 5.69 Å². The van der Waals surface area contributed by atoms with Crippen molar-refractivity contribution in [3.05, 3.63) is 59.7 Å². The number of rotatable bonds is 6. The van der Waals surface area contributed by atoms with Crippen LogP contribution >= 0.6 is 0 Å². The van der Waals surface area contributed by atoms with Gasteiger partial charge >= 0.3 is 0 Å². The number of carbonyl (C=O) groups excluding carboxylic acids is 2. The molecule has 3 N–H and O–H groups in total. The minimum absolute atomic E-state index is 0.0462. The summed E-state index contributed by atoms with van der Waals surface area (Å²) in [5.74, 6) is -0.406. The molecule has 0 aliphatic rings. The highest BCUT2D eigenvalue weighted by atomic mass is 16.3. The molecule has 0 bridgehead atoms. The standard InChI is InChI=1S/C18H19N3O3/c1-13-2-6-15(7-3-13)20-17(23)10-11-18(24)21-19-12-14-4-8-16(22)9-5-14/h2-9,12,22H,10-11H2,1H3,(H,20,23)(H,21,24). The van der Waals surface area contributed by atoms with E-state index < -0.39 is 0 Å². The Morgan fingerprint density at radius 2 is 1.62 bits per heavy atom. The lowest BCUT2D eigenvalue weighted by atomic mass is 10.2. The van der Waals surface area contributed by atoms with E-state index in [2.05, 4.69) is 15.8 Å². The van der Waals surface area contributed by atoms with Crippen molar-refractivity contribution in [2.24, 2.45) is 5.10 Å². The molecular weight excluding hydrogens is 306 g/mol. The van der Waals surface area contributed by atoms with E-state index in [1.807, 2.05) is 31.2 Å². The van der Waals surface area contributed by atoms with Gasteiger partial charge in [0.2, 0.25) is 11.8 Å². The number of nitrogens with one attached hydrogen (secondary N) is 2. The fourth-order valence-corrected chi connectivity index (χ4v) is 1.88. The number of amides is 2. The SMILES string of the molecule is Cc1ccc(NC(=O)CCC(=O)NN=Cc2ccc(O)cc2)cc1. The maximum atomic E-state index is 11.8. The summed E-state index contributed by atoms with van der Waals surface area (Å²) in [7, 11) is 0. The van der Waals surface area contributed by atoms with Gasteiger partial charge in [-0.15, -0.1) is 0 Å². The number of hydrogen-bond acceptors (Lipinski definition) is 4. The van der Waals surface area contributed by atoms with Gasteiger partial charge in [-0.25, -0.2) is 5.43 Å². The summed E-state index contributed by atoms with van der Waals surface area (Å²) in [6.45, 7) is 1.97. The van der Waals surface area contributed by atoms with E-state index >= 15 is 0 Å². The Morgan fingerprint density at radius 3 is 2.29 bits per heavy atom. The van der Waals surface area contributed by atoms with Crippen molar-refractivity contribution in [3.8, 4) is 5.75 Å². The second-order valence-corrected chi connectivity index (χ2v) is 5.30. The molecule has 0 fully saturated rings. The molecule has 0 aliphatic carbocycles. The van der Waals surface area contributed by atoms with Crippen LogP contribution in [0.5, 0.6) is 5.75 Å². The number of aromatic hydroxyl groups is 1. The van der Waals surface area contributed by atoms with Crippen LogP contribution in [0, 0.1) is 6.92 Å². The number of hydrogen-bond donors (Lipinski definition) is 3. The minimum Gasteiger partial charge on any atom is -0.508 e. The van der Waals surface area contributed by atoms with E-state index in [-0.39, 0.29) is 30.4 Å². The number of nitrogens with zero attached hydrogens (tertiary/aromatic N) is 1. The molecule has 0 saturated carbocycles. The molecule has 2 aromatic rings. The summed E-state index contributed by atoms with van der Waals surface area (Å²) in [4.78, 5) is 23.4. The van der Waals surface area contributed by atoms with Crippen LogP contribution in [0.1, 0.15) is 24.0 Å². The Balaban J connectivity index is 1.71. The molecule has 0 unspecified atom stereocenters. The molecular formula is C18H19N3O3. The van der Waals surface area contributed by atoms with Gasteiger partial charge in [0.1, 0.15) is 5.75 Å². The van der Waals surface area contributed by atoms with Gasteiger partial charge in [-0.2, -0.15) is 5.10 Å². The topological polar surface area (TPSA) is 90.8 Å². The van der Waals surface area contributed by atoms with Gasteiger partial charge < -0.3 is 10.4 Å². The van der Waals surface area contributed by atoms with Crippen molar-refractivity contribution >= 4 is 23.7 Å². The second-order valence-electron chi connectivity index (χ2n) is 5.30. The number of anilines is 1. The van der Waals surface area contributed by atoms with Crippen LogP contribution in [-0.2, 0) is 9.59 Å². The van der Waals surface area contributed by atoms with Crippen LogP contribution < -0.4 is 10.7 Å². The molecule has 0 atom stereocenters. The molecule has 6 heteroatoms. The van der Waals surface area contributed by atoms with Crippen molar-refractivity contribution in [1.29, 1.82) is 0 Å². The first-order chi connectivity index (χ1) is 11.5. The molecule has 0 saturated heterocycles. The van der Waals surface area contributed by atoms with Gasteiger partial charge in [-0.3, -0.25) is 9.59 Å². The smallest absolute Gasteiger partial charge is 0.240 e. The summed E-state index contributed by atoms with van der Waals surface area (Å²) < 4.78 is 0. The number of aryl methyl sites for hydroxylation is 1. The molecule has 0 heterocycles. The summed E-state index contributed by atoms with van der Waals surface area (Å²) in [6.07, 6.45) is 1.59. The molecule has 124 valence electrons. The van der Waals surface area contributed by atoms with Crippen LogP contribution in [0.3, 0.4) is 0 Å². The number of benzene rings is 2. The average molecular weight is 325 g/mol. The molecule has 2 aromatic carbocycles. The molecule has 2 amide bonds. The maximum absolute atomic E-state index is 11.8. The van der Waals surface area contributed by atoms with Crippen LogP contribution in [0.25, 0.3) is 0 Å². The lowest BCUT2D eigenvalue weighted by Gasteiger charge is -2.05. The monoisotopic (exact) mass is 325 g/mol. The summed E-state index contributed by atoms with van der Waals surface area (Å²) in [5, 5.41) is 15.7. The van der Waals surface area contributed by atoms with E-state index in [1.165, 1.54) is 18.3 Å². The Labute approximate surface area is 140 Å². The third-order valence-corrected chi connectivity index (χ3v) is 3.21. The van der Waals surface area contributed by atoms with E-state index in [0.29, 0.717) is 5.69 Å². The van der Waals surface area contributed by atoms with Gasteiger partial charge in [0.15, 0.2) is 0 Å². The third kappa shape index (κ3) is 5.92. The highest BCUT2D eigenvalue weighted by molar-refractivity contribution is 5.93. The van der Waals surface area contributed by atoms with E-state index in [0.717, 1.165) is 11.1 Å². The lowest BCUT2D eigenvalue weighted by Crippen LogP contribution is -2.20. The first kappa shape index (κ1) is 17.2. The zero-order valence-corrected chi connectivity index (χ0v) is 13.3. The summed E-state index contributed by atoms with van der Waals surface area (Å²) >= 11 is 0. The van der Waals surface area contributed by atoms with Gasteiger partial charge in [0.25, 0.3) is 0 Å². The number of carbonyl (C=O) groups is 2. The first-order valence-electron chi connectivity index (χ1n) is 7.50. The molecule has 0 radical (unpaired) electrons. The van der Waals surface area contributed by atoms with Gasteiger partial charge in [-0.1, -0.05) is 17.7 Å². The quantitative estimate of drug-likeness (QED) is 0.563. The van der Waals surface area contributed by atoms with E-state index in [9.17, 15) is 9.59 Å². The Morgan fingerprint density at radius 1 is 1.00 bits per heavy atom. The zero-order valence-electron chi connectivity index (χ0n) is 13.3. The van der Waals surface area contributed by atoms with E-state index in [4.69, 9.17) is 5.11 Å². The fourth-order valence-electron chi connectivity index (χ4n) is 1.88. The zero-order chi connectivity index (χ0) is 17.4. The maximum Gasteiger partial charge on any atom is 0.240 e. The molecule has 2 rings (SSSR count). The van der Waals surface area contributed by atoms with Crippen molar-refractivity contribution in [1.82, 2.24) is 5.43 Å². The van der Waals surface area contributed by atoms with Gasteiger partial charge in [0, 0.05) is 18.5 Å².